The topological polar surface area (TPSA) is 72.3 Å². The van der Waals surface area contributed by atoms with Gasteiger partial charge >= 0.3 is 198 Å². The van der Waals surface area contributed by atoms with Crippen molar-refractivity contribution in [2.24, 2.45) is 11.3 Å². The molecule has 3 heterocycles. The maximum absolute atomic E-state index is 13.6. The molecule has 12 heteroatoms. The summed E-state index contributed by atoms with van der Waals surface area (Å²) in [6.07, 6.45) is -1.88. The molecule has 0 spiro atoms. The molecule has 0 bridgehead atoms. The van der Waals surface area contributed by atoms with Crippen LogP contribution in [0.3, 0.4) is 0 Å². The SMILES string of the molecule is CC1CN(c2nc(-n3ccc(OCC(C)(C)C(F)(F)F)n3)ccc2C(=O)NSc2ccc[c]([Ge]([CH3])([CH3])[CH3])c2)C(C)(C)C1. The van der Waals surface area contributed by atoms with Crippen LogP contribution >= 0.6 is 11.9 Å². The van der Waals surface area contributed by atoms with Gasteiger partial charge in [-0.1, -0.05) is 0 Å². The summed E-state index contributed by atoms with van der Waals surface area (Å²) in [4.78, 5) is 21.6. The zero-order valence-electron chi connectivity index (χ0n) is 25.5. The van der Waals surface area contributed by atoms with Gasteiger partial charge in [0, 0.05) is 6.07 Å². The molecule has 1 saturated heterocycles. The van der Waals surface area contributed by atoms with Crippen molar-refractivity contribution in [3.63, 3.8) is 0 Å². The van der Waals surface area contributed by atoms with Crippen molar-refractivity contribution in [1.82, 2.24) is 19.5 Å². The summed E-state index contributed by atoms with van der Waals surface area (Å²) < 4.78 is 51.0. The number of alkyl halides is 3. The van der Waals surface area contributed by atoms with E-state index in [1.54, 1.807) is 18.3 Å². The minimum atomic E-state index is -4.40. The molecule has 0 saturated carbocycles. The number of hydrogen-bond donors (Lipinski definition) is 1. The Labute approximate surface area is 253 Å². The van der Waals surface area contributed by atoms with Crippen molar-refractivity contribution in [2.45, 2.75) is 74.9 Å². The number of amides is 1. The van der Waals surface area contributed by atoms with Gasteiger partial charge in [-0.25, -0.2) is 0 Å². The third-order valence-electron chi connectivity index (χ3n) is 7.54. The molecule has 3 aromatic rings. The van der Waals surface area contributed by atoms with Gasteiger partial charge in [0.2, 0.25) is 5.88 Å². The Morgan fingerprint density at radius 3 is 2.50 bits per heavy atom. The average molecular weight is 664 g/mol. The molecule has 1 aliphatic rings. The van der Waals surface area contributed by atoms with Gasteiger partial charge in [-0.2, -0.15) is 13.2 Å². The molecule has 0 radical (unpaired) electrons. The van der Waals surface area contributed by atoms with Crippen LogP contribution in [0.25, 0.3) is 5.82 Å². The van der Waals surface area contributed by atoms with E-state index in [-0.39, 0.29) is 17.3 Å². The number of carbonyl (C=O) groups is 1. The van der Waals surface area contributed by atoms with Crippen LogP contribution in [0.1, 0.15) is 51.4 Å². The molecule has 1 atom stereocenters. The maximum atomic E-state index is 13.6. The Hall–Kier alpha value is -2.67. The van der Waals surface area contributed by atoms with E-state index >= 15 is 0 Å². The zero-order chi connectivity index (χ0) is 31.1. The van der Waals surface area contributed by atoms with Gasteiger partial charge in [-0.05, 0) is 13.8 Å². The van der Waals surface area contributed by atoms with Gasteiger partial charge in [-0.3, -0.25) is 0 Å². The molecule has 1 amide bonds. The summed E-state index contributed by atoms with van der Waals surface area (Å²) in [5.41, 5.74) is -1.82. The first-order valence-corrected chi connectivity index (χ1v) is 22.2. The average Bonchev–Trinajstić information content (AvgIpc) is 3.47. The van der Waals surface area contributed by atoms with Crippen LogP contribution < -0.4 is 18.8 Å². The molecule has 42 heavy (non-hydrogen) atoms. The predicted octanol–water partition coefficient (Wildman–Crippen LogP) is 6.84. The van der Waals surface area contributed by atoms with E-state index < -0.39 is 31.5 Å². The fourth-order valence-electron chi connectivity index (χ4n) is 4.94. The summed E-state index contributed by atoms with van der Waals surface area (Å²) in [5.74, 6) is 8.17. The molecule has 1 aromatic carbocycles. The fraction of sp³-hybridized carbons (Fsp3) is 0.500. The third kappa shape index (κ3) is 7.27. The Balaban J connectivity index is 1.60. The zero-order valence-corrected chi connectivity index (χ0v) is 28.4. The Bertz CT molecular complexity index is 1430. The number of aromatic nitrogens is 3. The third-order valence-corrected chi connectivity index (χ3v) is 12.6. The Kier molecular flexibility index (Phi) is 9.05. The monoisotopic (exact) mass is 665 g/mol. The van der Waals surface area contributed by atoms with E-state index in [2.05, 4.69) is 64.9 Å². The van der Waals surface area contributed by atoms with E-state index in [0.29, 0.717) is 23.1 Å². The Morgan fingerprint density at radius 1 is 1.17 bits per heavy atom. The second-order valence-electron chi connectivity index (χ2n) is 13.4. The van der Waals surface area contributed by atoms with Gasteiger partial charge in [0.1, 0.15) is 6.61 Å². The number of halogens is 3. The number of nitrogens with one attached hydrogen (secondary N) is 1. The molecular formula is C30H40F3GeN5O2S. The summed E-state index contributed by atoms with van der Waals surface area (Å²) >= 11 is -0.737. The van der Waals surface area contributed by atoms with Crippen LogP contribution in [0.2, 0.25) is 17.3 Å². The molecular weight excluding hydrogens is 624 g/mol. The molecule has 2 aromatic heterocycles. The summed E-state index contributed by atoms with van der Waals surface area (Å²) in [7, 11) is 0. The number of anilines is 1. The normalized spacial score (nSPS) is 17.4. The molecule has 4 rings (SSSR count). The van der Waals surface area contributed by atoms with Crippen molar-refractivity contribution < 1.29 is 22.7 Å². The predicted molar refractivity (Wildman–Crippen MR) is 165 cm³/mol. The second-order valence-corrected chi connectivity index (χ2v) is 24.9. The van der Waals surface area contributed by atoms with Crippen LogP contribution in [-0.4, -0.2) is 58.8 Å². The molecule has 7 nitrogen and oxygen atoms in total. The van der Waals surface area contributed by atoms with E-state index in [1.807, 2.05) is 12.1 Å². The van der Waals surface area contributed by atoms with E-state index in [4.69, 9.17) is 9.72 Å². The first-order chi connectivity index (χ1) is 19.4. The van der Waals surface area contributed by atoms with Crippen LogP contribution in [0.15, 0.2) is 53.6 Å². The van der Waals surface area contributed by atoms with Crippen LogP contribution in [0.4, 0.5) is 19.0 Å². The van der Waals surface area contributed by atoms with Gasteiger partial charge in [0.05, 0.1) is 5.41 Å². The van der Waals surface area contributed by atoms with Crippen molar-refractivity contribution in [3.8, 4) is 11.7 Å². The van der Waals surface area contributed by atoms with Crippen molar-refractivity contribution >= 4 is 41.3 Å². The summed E-state index contributed by atoms with van der Waals surface area (Å²) in [6, 6.07) is 13.2. The van der Waals surface area contributed by atoms with Crippen LogP contribution in [0, 0.1) is 11.3 Å². The van der Waals surface area contributed by atoms with Crippen molar-refractivity contribution in [3.05, 3.63) is 54.2 Å². The van der Waals surface area contributed by atoms with Gasteiger partial charge in [0.25, 0.3) is 0 Å². The van der Waals surface area contributed by atoms with E-state index in [9.17, 15) is 18.0 Å². The number of carbonyl (C=O) groups excluding carboxylic acids is 1. The van der Waals surface area contributed by atoms with Gasteiger partial charge < -0.3 is 4.74 Å². The minimum absolute atomic E-state index is 0.0608. The van der Waals surface area contributed by atoms with Gasteiger partial charge in [-0.15, -0.1) is 0 Å². The number of rotatable bonds is 9. The van der Waals surface area contributed by atoms with E-state index in [0.717, 1.165) is 31.7 Å². The standard InChI is InChI=1S/C30H40F3GeN5O2S/c1-20-17-29(4,5)38(18-20)26-23(27(40)37-42-22-11-9-10-21(16-22)34(6,7)8)12-13-24(35-26)39-15-14-25(36-39)41-19-28(2,3)30(31,32)33/h9-16,20H,17-19H2,1-8H3,(H,37,40). The summed E-state index contributed by atoms with van der Waals surface area (Å²) in [5, 5.41) is 4.31. The van der Waals surface area contributed by atoms with Crippen molar-refractivity contribution in [1.29, 1.82) is 0 Å². The van der Waals surface area contributed by atoms with Crippen LogP contribution in [0.5, 0.6) is 5.88 Å². The summed E-state index contributed by atoms with van der Waals surface area (Å²) in [6.45, 7) is 8.78. The number of nitrogens with zero attached hydrogens (tertiary/aromatic N) is 4. The Morgan fingerprint density at radius 2 is 1.88 bits per heavy atom. The van der Waals surface area contributed by atoms with Crippen LogP contribution in [-0.2, 0) is 0 Å². The quantitative estimate of drug-likeness (QED) is 0.200. The second kappa shape index (κ2) is 11.8. The number of benzene rings is 1. The first kappa shape index (κ1) is 32.3. The molecule has 1 N–H and O–H groups in total. The van der Waals surface area contributed by atoms with Crippen molar-refractivity contribution in [2.75, 3.05) is 18.1 Å². The number of ether oxygens (including phenoxy) is 1. The van der Waals surface area contributed by atoms with Gasteiger partial charge in [0.15, 0.2) is 0 Å². The fourth-order valence-corrected chi connectivity index (χ4v) is 8.30. The molecule has 1 aliphatic heterocycles. The molecule has 0 aliphatic carbocycles. The molecule has 1 fully saturated rings. The molecule has 228 valence electrons. The molecule has 1 unspecified atom stereocenters. The number of hydrogen-bond acceptors (Lipinski definition) is 6. The van der Waals surface area contributed by atoms with E-state index in [1.165, 1.54) is 27.1 Å². The number of pyridine rings is 1. The first-order valence-electron chi connectivity index (χ1n) is 14.0.